The molecule has 2 aromatic carbocycles. The molecule has 7 nitrogen and oxygen atoms in total. The van der Waals surface area contributed by atoms with Gasteiger partial charge in [-0.3, -0.25) is 4.79 Å². The van der Waals surface area contributed by atoms with E-state index >= 15 is 0 Å². The van der Waals surface area contributed by atoms with Gasteiger partial charge in [-0.25, -0.2) is 15.0 Å². The molecule has 1 amide bonds. The van der Waals surface area contributed by atoms with Crippen LogP contribution in [0.15, 0.2) is 91.4 Å². The van der Waals surface area contributed by atoms with Gasteiger partial charge in [-0.05, 0) is 49.1 Å². The van der Waals surface area contributed by atoms with E-state index in [-0.39, 0.29) is 5.91 Å². The van der Waals surface area contributed by atoms with Crippen LogP contribution < -0.4 is 4.90 Å². The van der Waals surface area contributed by atoms with E-state index in [0.717, 1.165) is 47.2 Å². The maximum absolute atomic E-state index is 13.4. The second-order valence-electron chi connectivity index (χ2n) is 10.5. The van der Waals surface area contributed by atoms with Crippen LogP contribution in [0.3, 0.4) is 0 Å². The first-order valence-corrected chi connectivity index (χ1v) is 14.8. The summed E-state index contributed by atoms with van der Waals surface area (Å²) >= 11 is 1.80. The van der Waals surface area contributed by atoms with Crippen LogP contribution in [0.5, 0.6) is 0 Å². The van der Waals surface area contributed by atoms with Crippen LogP contribution in [-0.4, -0.2) is 56.3 Å². The van der Waals surface area contributed by atoms with Gasteiger partial charge in [0.25, 0.3) is 0 Å². The zero-order valence-electron chi connectivity index (χ0n) is 22.9. The smallest absolute Gasteiger partial charge is 0.225 e. The standard InChI is InChI=1S/C33H30N6OS/c1-23-7-9-24(10-8-23)32-27(12-14-31(40)37-17-19-38(20-18-37)33-34-15-4-16-35-33)39-22-26(11-13-30(39)36-32)29-21-25-5-2-3-6-28(25)41-29/h2-11,13,15-16,21-22H,12,14,17-20H2,1H3. The van der Waals surface area contributed by atoms with Crippen LogP contribution in [0.4, 0.5) is 5.95 Å². The molecule has 1 fully saturated rings. The number of amides is 1. The number of imidazole rings is 1. The molecule has 8 heteroatoms. The number of benzene rings is 2. The minimum atomic E-state index is 0.170. The van der Waals surface area contributed by atoms with Crippen LogP contribution in [0.1, 0.15) is 17.7 Å². The Bertz CT molecular complexity index is 1800. The van der Waals surface area contributed by atoms with Gasteiger partial charge in [-0.15, -0.1) is 11.3 Å². The molecule has 0 unspecified atom stereocenters. The molecule has 0 spiro atoms. The van der Waals surface area contributed by atoms with Gasteiger partial charge in [0, 0.05) is 71.9 Å². The number of anilines is 1. The molecule has 0 bridgehead atoms. The number of carbonyl (C=O) groups excluding carboxylic acids is 1. The number of aromatic nitrogens is 4. The monoisotopic (exact) mass is 558 g/mol. The molecule has 0 radical (unpaired) electrons. The molecule has 7 rings (SSSR count). The Labute approximate surface area is 242 Å². The number of aryl methyl sites for hydroxylation is 2. The second-order valence-corrected chi connectivity index (χ2v) is 11.6. The predicted molar refractivity (Wildman–Crippen MR) is 165 cm³/mol. The Hall–Kier alpha value is -4.56. The summed E-state index contributed by atoms with van der Waals surface area (Å²) in [5, 5.41) is 1.25. The fraction of sp³-hybridized carbons (Fsp3) is 0.212. The van der Waals surface area contributed by atoms with Crippen molar-refractivity contribution in [3.8, 4) is 21.7 Å². The normalized spacial score (nSPS) is 13.8. The van der Waals surface area contributed by atoms with E-state index in [1.165, 1.54) is 20.5 Å². The highest BCUT2D eigenvalue weighted by atomic mass is 32.1. The van der Waals surface area contributed by atoms with Crippen LogP contribution in [0, 0.1) is 6.92 Å². The lowest BCUT2D eigenvalue weighted by Crippen LogP contribution is -2.49. The fourth-order valence-electron chi connectivity index (χ4n) is 5.54. The van der Waals surface area contributed by atoms with E-state index in [2.05, 4.69) is 99.1 Å². The average Bonchev–Trinajstić information content (AvgIpc) is 3.62. The van der Waals surface area contributed by atoms with Gasteiger partial charge >= 0.3 is 0 Å². The van der Waals surface area contributed by atoms with Gasteiger partial charge in [0.05, 0.1) is 11.4 Å². The minimum absolute atomic E-state index is 0.170. The van der Waals surface area contributed by atoms with Gasteiger partial charge in [-0.2, -0.15) is 0 Å². The highest BCUT2D eigenvalue weighted by Gasteiger charge is 2.24. The molecule has 0 N–H and O–H groups in total. The third kappa shape index (κ3) is 5.07. The quantitative estimate of drug-likeness (QED) is 0.241. The zero-order valence-corrected chi connectivity index (χ0v) is 23.7. The molecule has 0 aliphatic carbocycles. The number of thiophene rings is 1. The van der Waals surface area contributed by atoms with E-state index in [4.69, 9.17) is 4.98 Å². The maximum Gasteiger partial charge on any atom is 0.225 e. The first kappa shape index (κ1) is 25.4. The van der Waals surface area contributed by atoms with Gasteiger partial charge < -0.3 is 14.2 Å². The molecule has 1 aliphatic rings. The van der Waals surface area contributed by atoms with Crippen molar-refractivity contribution in [3.63, 3.8) is 0 Å². The first-order valence-electron chi connectivity index (χ1n) is 14.0. The molecule has 5 heterocycles. The Morgan fingerprint density at radius 3 is 2.41 bits per heavy atom. The molecule has 4 aromatic heterocycles. The first-order chi connectivity index (χ1) is 20.1. The Kier molecular flexibility index (Phi) is 6.68. The molecule has 1 saturated heterocycles. The van der Waals surface area contributed by atoms with Crippen molar-refractivity contribution in [2.75, 3.05) is 31.1 Å². The molecule has 6 aromatic rings. The van der Waals surface area contributed by atoms with Crippen LogP contribution in [0.2, 0.25) is 0 Å². The lowest BCUT2D eigenvalue weighted by molar-refractivity contribution is -0.131. The Morgan fingerprint density at radius 2 is 1.63 bits per heavy atom. The van der Waals surface area contributed by atoms with Crippen molar-refractivity contribution in [2.45, 2.75) is 19.8 Å². The molecule has 0 atom stereocenters. The van der Waals surface area contributed by atoms with Crippen molar-refractivity contribution >= 4 is 38.9 Å². The summed E-state index contributed by atoms with van der Waals surface area (Å²) in [6, 6.07) is 25.3. The summed E-state index contributed by atoms with van der Waals surface area (Å²) in [5.74, 6) is 0.895. The summed E-state index contributed by atoms with van der Waals surface area (Å²) in [6.45, 7) is 4.90. The molecular formula is C33H30N6OS. The molecule has 1 aliphatic heterocycles. The number of piperazine rings is 1. The van der Waals surface area contributed by atoms with Gasteiger partial charge in [0.1, 0.15) is 5.65 Å². The topological polar surface area (TPSA) is 66.6 Å². The fourth-order valence-corrected chi connectivity index (χ4v) is 6.59. The van der Waals surface area contributed by atoms with Gasteiger partial charge in [0.2, 0.25) is 11.9 Å². The van der Waals surface area contributed by atoms with Crippen LogP contribution in [0.25, 0.3) is 37.4 Å². The molecular weight excluding hydrogens is 528 g/mol. The van der Waals surface area contributed by atoms with Crippen LogP contribution in [-0.2, 0) is 11.2 Å². The summed E-state index contributed by atoms with van der Waals surface area (Å²) < 4.78 is 3.46. The number of hydrogen-bond acceptors (Lipinski definition) is 6. The number of fused-ring (bicyclic) bond motifs is 2. The minimum Gasteiger partial charge on any atom is -0.339 e. The largest absolute Gasteiger partial charge is 0.339 e. The van der Waals surface area contributed by atoms with E-state index < -0.39 is 0 Å². The predicted octanol–water partition coefficient (Wildman–Crippen LogP) is 6.26. The van der Waals surface area contributed by atoms with Gasteiger partial charge in [0.15, 0.2) is 0 Å². The summed E-state index contributed by atoms with van der Waals surface area (Å²) in [5.41, 5.74) is 6.33. The van der Waals surface area contributed by atoms with Crippen molar-refractivity contribution in [3.05, 3.63) is 103 Å². The summed E-state index contributed by atoms with van der Waals surface area (Å²) in [4.78, 5) is 32.5. The lowest BCUT2D eigenvalue weighted by atomic mass is 10.1. The molecule has 204 valence electrons. The average molecular weight is 559 g/mol. The third-order valence-electron chi connectivity index (χ3n) is 7.80. The number of carbonyl (C=O) groups is 1. The van der Waals surface area contributed by atoms with Gasteiger partial charge in [-0.1, -0.05) is 48.0 Å². The second kappa shape index (κ2) is 10.8. The number of pyridine rings is 1. The third-order valence-corrected chi connectivity index (χ3v) is 8.96. The highest BCUT2D eigenvalue weighted by Crippen LogP contribution is 2.35. The SMILES string of the molecule is Cc1ccc(-c2nc3ccc(-c4cc5ccccc5s4)cn3c2CCC(=O)N2CCN(c3ncccn3)CC2)cc1. The van der Waals surface area contributed by atoms with Crippen molar-refractivity contribution in [1.29, 1.82) is 0 Å². The Morgan fingerprint density at radius 1 is 0.878 bits per heavy atom. The van der Waals surface area contributed by atoms with Crippen molar-refractivity contribution < 1.29 is 4.79 Å². The Balaban J connectivity index is 1.17. The zero-order chi connectivity index (χ0) is 27.8. The maximum atomic E-state index is 13.4. The molecule has 0 saturated carbocycles. The van der Waals surface area contributed by atoms with E-state index in [1.54, 1.807) is 23.7 Å². The number of rotatable bonds is 6. The number of nitrogens with zero attached hydrogens (tertiary/aromatic N) is 6. The number of hydrogen-bond donors (Lipinski definition) is 0. The van der Waals surface area contributed by atoms with E-state index in [1.807, 2.05) is 11.0 Å². The molecule has 41 heavy (non-hydrogen) atoms. The summed E-state index contributed by atoms with van der Waals surface area (Å²) in [6.07, 6.45) is 6.74. The lowest BCUT2D eigenvalue weighted by Gasteiger charge is -2.34. The van der Waals surface area contributed by atoms with E-state index in [0.29, 0.717) is 25.9 Å². The van der Waals surface area contributed by atoms with Crippen molar-refractivity contribution in [1.82, 2.24) is 24.3 Å². The van der Waals surface area contributed by atoms with E-state index in [9.17, 15) is 4.79 Å². The van der Waals surface area contributed by atoms with Crippen LogP contribution >= 0.6 is 11.3 Å². The highest BCUT2D eigenvalue weighted by molar-refractivity contribution is 7.22. The van der Waals surface area contributed by atoms with Crippen molar-refractivity contribution in [2.24, 2.45) is 0 Å². The summed E-state index contributed by atoms with van der Waals surface area (Å²) in [7, 11) is 0.